The molecular formula is C14H26N2O4. The van der Waals surface area contributed by atoms with Gasteiger partial charge in [0.2, 0.25) is 0 Å². The average molecular weight is 286 g/mol. The number of nitrogens with one attached hydrogen (secondary N) is 2. The van der Waals surface area contributed by atoms with Crippen LogP contribution in [0.3, 0.4) is 0 Å². The molecule has 0 aromatic rings. The van der Waals surface area contributed by atoms with Gasteiger partial charge in [-0.05, 0) is 45.4 Å². The summed E-state index contributed by atoms with van der Waals surface area (Å²) < 4.78 is 5.32. The summed E-state index contributed by atoms with van der Waals surface area (Å²) in [7, 11) is 0. The van der Waals surface area contributed by atoms with E-state index in [0.717, 1.165) is 12.8 Å². The number of ether oxygens (including phenoxy) is 1. The van der Waals surface area contributed by atoms with Gasteiger partial charge < -0.3 is 20.5 Å². The fourth-order valence-electron chi connectivity index (χ4n) is 2.49. The van der Waals surface area contributed by atoms with Crippen LogP contribution in [0.4, 0.5) is 4.79 Å². The van der Waals surface area contributed by atoms with E-state index in [2.05, 4.69) is 10.6 Å². The Morgan fingerprint density at radius 2 is 1.90 bits per heavy atom. The van der Waals surface area contributed by atoms with Gasteiger partial charge in [0.1, 0.15) is 0 Å². The lowest BCUT2D eigenvalue weighted by Crippen LogP contribution is -2.42. The molecule has 20 heavy (non-hydrogen) atoms. The van der Waals surface area contributed by atoms with Gasteiger partial charge in [-0.3, -0.25) is 4.79 Å². The highest BCUT2D eigenvalue weighted by atomic mass is 16.5. The minimum Gasteiger partial charge on any atom is -0.481 e. The predicted molar refractivity (Wildman–Crippen MR) is 75.6 cm³/mol. The number of hydrogen-bond donors (Lipinski definition) is 3. The van der Waals surface area contributed by atoms with E-state index >= 15 is 0 Å². The number of carbonyl (C=O) groups excluding carboxylic acids is 1. The second-order valence-corrected chi connectivity index (χ2v) is 5.41. The van der Waals surface area contributed by atoms with Gasteiger partial charge in [-0.1, -0.05) is 0 Å². The fraction of sp³-hybridized carbons (Fsp3) is 0.857. The summed E-state index contributed by atoms with van der Waals surface area (Å²) in [6, 6.07) is -0.183. The highest BCUT2D eigenvalue weighted by molar-refractivity contribution is 5.73. The van der Waals surface area contributed by atoms with Crippen LogP contribution in [0.15, 0.2) is 0 Å². The number of amides is 2. The van der Waals surface area contributed by atoms with Crippen molar-refractivity contribution >= 4 is 12.0 Å². The monoisotopic (exact) mass is 286 g/mol. The molecule has 1 fully saturated rings. The molecule has 0 saturated heterocycles. The fourth-order valence-corrected chi connectivity index (χ4v) is 2.49. The Morgan fingerprint density at radius 1 is 1.25 bits per heavy atom. The maximum Gasteiger partial charge on any atom is 0.314 e. The first kappa shape index (κ1) is 16.8. The molecule has 6 nitrogen and oxygen atoms in total. The number of aliphatic carboxylic acids is 1. The Bertz CT molecular complexity index is 314. The molecule has 2 amide bonds. The molecule has 0 spiro atoms. The third kappa shape index (κ3) is 6.23. The third-order valence-electron chi connectivity index (χ3n) is 3.75. The van der Waals surface area contributed by atoms with Crippen molar-refractivity contribution in [2.45, 2.75) is 45.6 Å². The van der Waals surface area contributed by atoms with E-state index in [1.807, 2.05) is 13.8 Å². The lowest BCUT2D eigenvalue weighted by molar-refractivity contribution is -0.143. The molecule has 1 rings (SSSR count). The van der Waals surface area contributed by atoms with Crippen molar-refractivity contribution in [1.29, 1.82) is 0 Å². The lowest BCUT2D eigenvalue weighted by Gasteiger charge is -2.26. The Labute approximate surface area is 120 Å². The average Bonchev–Trinajstić information content (AvgIpc) is 2.43. The number of carbonyl (C=O) groups is 2. The van der Waals surface area contributed by atoms with Crippen molar-refractivity contribution < 1.29 is 19.4 Å². The van der Waals surface area contributed by atoms with E-state index in [1.165, 1.54) is 0 Å². The first-order chi connectivity index (χ1) is 9.52. The van der Waals surface area contributed by atoms with Gasteiger partial charge in [-0.15, -0.1) is 0 Å². The van der Waals surface area contributed by atoms with Crippen LogP contribution in [-0.2, 0) is 9.53 Å². The maximum atomic E-state index is 11.6. The summed E-state index contributed by atoms with van der Waals surface area (Å²) in [5.41, 5.74) is 0. The molecule has 1 atom stereocenters. The Balaban J connectivity index is 2.11. The number of carboxylic acid groups (broad SMARTS) is 1. The smallest absolute Gasteiger partial charge is 0.314 e. The summed E-state index contributed by atoms with van der Waals surface area (Å²) in [4.78, 5) is 22.4. The molecule has 1 saturated carbocycles. The van der Waals surface area contributed by atoms with E-state index in [0.29, 0.717) is 38.5 Å². The van der Waals surface area contributed by atoms with Crippen LogP contribution >= 0.6 is 0 Å². The van der Waals surface area contributed by atoms with Crippen LogP contribution < -0.4 is 10.6 Å². The number of urea groups is 1. The van der Waals surface area contributed by atoms with Crippen molar-refractivity contribution in [2.24, 2.45) is 11.8 Å². The molecule has 0 bridgehead atoms. The highest BCUT2D eigenvalue weighted by Gasteiger charge is 2.25. The largest absolute Gasteiger partial charge is 0.481 e. The van der Waals surface area contributed by atoms with Crippen molar-refractivity contribution in [3.05, 3.63) is 0 Å². The van der Waals surface area contributed by atoms with E-state index in [-0.39, 0.29) is 18.1 Å². The summed E-state index contributed by atoms with van der Waals surface area (Å²) in [5.74, 6) is -0.508. The molecule has 1 aliphatic rings. The zero-order valence-corrected chi connectivity index (χ0v) is 12.4. The maximum absolute atomic E-state index is 11.6. The van der Waals surface area contributed by atoms with Crippen molar-refractivity contribution in [3.63, 3.8) is 0 Å². The van der Waals surface area contributed by atoms with Gasteiger partial charge >= 0.3 is 12.0 Å². The number of carboxylic acids is 1. The Kier molecular flexibility index (Phi) is 7.36. The second-order valence-electron chi connectivity index (χ2n) is 5.41. The molecular weight excluding hydrogens is 260 g/mol. The van der Waals surface area contributed by atoms with Gasteiger partial charge in [0.25, 0.3) is 0 Å². The van der Waals surface area contributed by atoms with Crippen LogP contribution in [-0.4, -0.2) is 42.9 Å². The SMILES string of the molecule is CCOC(C)CNC(=O)NCC1CCC(C(=O)O)CC1. The highest BCUT2D eigenvalue weighted by Crippen LogP contribution is 2.28. The molecule has 0 heterocycles. The first-order valence-electron chi connectivity index (χ1n) is 7.39. The van der Waals surface area contributed by atoms with Crippen LogP contribution in [0.5, 0.6) is 0 Å². The predicted octanol–water partition coefficient (Wildman–Crippen LogP) is 1.60. The molecule has 116 valence electrons. The summed E-state index contributed by atoms with van der Waals surface area (Å²) in [6.07, 6.45) is 3.17. The third-order valence-corrected chi connectivity index (χ3v) is 3.75. The molecule has 3 N–H and O–H groups in total. The summed E-state index contributed by atoms with van der Waals surface area (Å²) in [6.45, 7) is 5.57. The number of hydrogen-bond acceptors (Lipinski definition) is 3. The minimum absolute atomic E-state index is 0.0109. The second kappa shape index (κ2) is 8.79. The Morgan fingerprint density at radius 3 is 2.45 bits per heavy atom. The molecule has 1 aliphatic carbocycles. The molecule has 6 heteroatoms. The van der Waals surface area contributed by atoms with E-state index in [9.17, 15) is 9.59 Å². The van der Waals surface area contributed by atoms with Crippen molar-refractivity contribution in [2.75, 3.05) is 19.7 Å². The number of rotatable bonds is 7. The lowest BCUT2D eigenvalue weighted by atomic mass is 9.82. The van der Waals surface area contributed by atoms with Crippen LogP contribution in [0, 0.1) is 11.8 Å². The Hall–Kier alpha value is -1.30. The van der Waals surface area contributed by atoms with Gasteiger partial charge in [0, 0.05) is 19.7 Å². The molecule has 1 unspecified atom stereocenters. The zero-order chi connectivity index (χ0) is 15.0. The van der Waals surface area contributed by atoms with Gasteiger partial charge in [-0.2, -0.15) is 0 Å². The van der Waals surface area contributed by atoms with Gasteiger partial charge in [-0.25, -0.2) is 4.79 Å². The minimum atomic E-state index is -0.695. The summed E-state index contributed by atoms with van der Waals surface area (Å²) >= 11 is 0. The first-order valence-corrected chi connectivity index (χ1v) is 7.39. The standard InChI is InChI=1S/C14H26N2O4/c1-3-20-10(2)8-15-14(19)16-9-11-4-6-12(7-5-11)13(17)18/h10-12H,3-9H2,1-2H3,(H,17,18)(H2,15,16,19). The van der Waals surface area contributed by atoms with E-state index in [4.69, 9.17) is 9.84 Å². The topological polar surface area (TPSA) is 87.7 Å². The van der Waals surface area contributed by atoms with Gasteiger partial charge in [0.15, 0.2) is 0 Å². The van der Waals surface area contributed by atoms with Gasteiger partial charge in [0.05, 0.1) is 12.0 Å². The van der Waals surface area contributed by atoms with Crippen molar-refractivity contribution in [1.82, 2.24) is 10.6 Å². The molecule has 0 radical (unpaired) electrons. The zero-order valence-electron chi connectivity index (χ0n) is 12.4. The molecule has 0 aromatic carbocycles. The van der Waals surface area contributed by atoms with Crippen molar-refractivity contribution in [3.8, 4) is 0 Å². The van der Waals surface area contributed by atoms with Crippen LogP contribution in [0.1, 0.15) is 39.5 Å². The molecule has 0 aliphatic heterocycles. The van der Waals surface area contributed by atoms with Crippen LogP contribution in [0.25, 0.3) is 0 Å². The van der Waals surface area contributed by atoms with Crippen LogP contribution in [0.2, 0.25) is 0 Å². The quantitative estimate of drug-likeness (QED) is 0.663. The molecule has 0 aromatic heterocycles. The van der Waals surface area contributed by atoms with E-state index in [1.54, 1.807) is 0 Å². The normalized spacial score (nSPS) is 23.9. The van der Waals surface area contributed by atoms with E-state index < -0.39 is 5.97 Å². The summed E-state index contributed by atoms with van der Waals surface area (Å²) in [5, 5.41) is 14.5.